The van der Waals surface area contributed by atoms with Crippen LogP contribution in [0, 0.1) is 0 Å². The zero-order valence-corrected chi connectivity index (χ0v) is 10.1. The van der Waals surface area contributed by atoms with Crippen LogP contribution in [-0.2, 0) is 4.74 Å². The van der Waals surface area contributed by atoms with E-state index in [9.17, 15) is 5.11 Å². The highest BCUT2D eigenvalue weighted by atomic mass is 16.5. The van der Waals surface area contributed by atoms with Crippen molar-refractivity contribution in [3.8, 4) is 11.4 Å². The predicted molar refractivity (Wildman–Crippen MR) is 66.8 cm³/mol. The Morgan fingerprint density at radius 3 is 2.39 bits per heavy atom. The van der Waals surface area contributed by atoms with Crippen LogP contribution >= 0.6 is 0 Å². The molecule has 2 aromatic rings. The average Bonchev–Trinajstić information content (AvgIpc) is 2.43. The van der Waals surface area contributed by atoms with Gasteiger partial charge in [-0.1, -0.05) is 12.1 Å². The summed E-state index contributed by atoms with van der Waals surface area (Å²) in [4.78, 5) is 8.70. The zero-order valence-electron chi connectivity index (χ0n) is 10.1. The maximum atomic E-state index is 10.4. The van der Waals surface area contributed by atoms with Crippen LogP contribution < -0.4 is 0 Å². The summed E-state index contributed by atoms with van der Waals surface area (Å²) in [6.07, 6.45) is 2.39. The molecule has 3 rings (SSSR count). The van der Waals surface area contributed by atoms with E-state index in [4.69, 9.17) is 4.74 Å². The summed E-state index contributed by atoms with van der Waals surface area (Å²) in [7, 11) is 0. The topological polar surface area (TPSA) is 55.2 Å². The summed E-state index contributed by atoms with van der Waals surface area (Å²) < 4.78 is 5.66. The van der Waals surface area contributed by atoms with Gasteiger partial charge in [0.2, 0.25) is 0 Å². The lowest BCUT2D eigenvalue weighted by Gasteiger charge is -2.30. The van der Waals surface area contributed by atoms with Gasteiger partial charge >= 0.3 is 0 Å². The predicted octanol–water partition coefficient (Wildman–Crippen LogP) is 2.27. The number of aromatic nitrogens is 2. The largest absolute Gasteiger partial charge is 0.385 e. The monoisotopic (exact) mass is 242 g/mol. The average molecular weight is 242 g/mol. The molecular formula is C14H14N2O2. The maximum Gasteiger partial charge on any atom is 0.115 e. The molecule has 92 valence electrons. The standard InChI is InChI=1S/C14H14N2O2/c1-2-18-14-10-6-4-8-16-12(10)11-9(13(14)17)5-3-7-15-11/h3-8,13-14,17H,2H2,1H3/t13-,14-/m1/s1. The third-order valence-corrected chi connectivity index (χ3v) is 3.16. The molecule has 0 aromatic carbocycles. The molecule has 1 aliphatic carbocycles. The van der Waals surface area contributed by atoms with Crippen LogP contribution in [0.1, 0.15) is 30.3 Å². The molecule has 0 amide bonds. The molecule has 4 heteroatoms. The summed E-state index contributed by atoms with van der Waals surface area (Å²) in [5, 5.41) is 10.4. The lowest BCUT2D eigenvalue weighted by atomic mass is 9.88. The molecule has 2 aromatic heterocycles. The first-order chi connectivity index (χ1) is 8.83. The first-order valence-corrected chi connectivity index (χ1v) is 6.02. The maximum absolute atomic E-state index is 10.4. The van der Waals surface area contributed by atoms with E-state index in [1.54, 1.807) is 12.4 Å². The van der Waals surface area contributed by atoms with Crippen molar-refractivity contribution in [3.05, 3.63) is 47.8 Å². The Morgan fingerprint density at radius 1 is 1.11 bits per heavy atom. The number of hydrogen-bond acceptors (Lipinski definition) is 4. The molecule has 4 nitrogen and oxygen atoms in total. The number of hydrogen-bond donors (Lipinski definition) is 1. The summed E-state index contributed by atoms with van der Waals surface area (Å²) in [6.45, 7) is 2.47. The second-order valence-corrected chi connectivity index (χ2v) is 4.20. The molecule has 0 saturated heterocycles. The molecule has 1 aliphatic rings. The normalized spacial score (nSPS) is 21.2. The highest BCUT2D eigenvalue weighted by Crippen LogP contribution is 2.43. The molecule has 0 spiro atoms. The van der Waals surface area contributed by atoms with Gasteiger partial charge in [0.15, 0.2) is 0 Å². The Hall–Kier alpha value is -1.78. The van der Waals surface area contributed by atoms with E-state index < -0.39 is 6.10 Å². The van der Waals surface area contributed by atoms with Gasteiger partial charge in [-0.3, -0.25) is 9.97 Å². The molecular weight excluding hydrogens is 228 g/mol. The third-order valence-electron chi connectivity index (χ3n) is 3.16. The van der Waals surface area contributed by atoms with Crippen LogP contribution in [0.5, 0.6) is 0 Å². The van der Waals surface area contributed by atoms with Crippen molar-refractivity contribution in [1.82, 2.24) is 9.97 Å². The van der Waals surface area contributed by atoms with E-state index in [2.05, 4.69) is 9.97 Å². The Balaban J connectivity index is 2.21. The van der Waals surface area contributed by atoms with Crippen molar-refractivity contribution in [3.63, 3.8) is 0 Å². The van der Waals surface area contributed by atoms with Gasteiger partial charge in [-0.25, -0.2) is 0 Å². The summed E-state index contributed by atoms with van der Waals surface area (Å²) in [6, 6.07) is 7.48. The molecule has 1 N–H and O–H groups in total. The van der Waals surface area contributed by atoms with E-state index >= 15 is 0 Å². The van der Waals surface area contributed by atoms with Gasteiger partial charge in [0, 0.05) is 30.1 Å². The van der Waals surface area contributed by atoms with E-state index in [1.807, 2.05) is 31.2 Å². The quantitative estimate of drug-likeness (QED) is 0.877. The van der Waals surface area contributed by atoms with Gasteiger partial charge < -0.3 is 9.84 Å². The fourth-order valence-corrected chi connectivity index (χ4v) is 2.39. The second kappa shape index (κ2) is 4.48. The summed E-state index contributed by atoms with van der Waals surface area (Å²) in [5.74, 6) is 0. The van der Waals surface area contributed by atoms with Crippen LogP contribution in [0.3, 0.4) is 0 Å². The molecule has 2 atom stereocenters. The minimum absolute atomic E-state index is 0.365. The van der Waals surface area contributed by atoms with Gasteiger partial charge in [-0.2, -0.15) is 0 Å². The second-order valence-electron chi connectivity index (χ2n) is 4.20. The number of rotatable bonds is 2. The summed E-state index contributed by atoms with van der Waals surface area (Å²) >= 11 is 0. The van der Waals surface area contributed by atoms with Crippen molar-refractivity contribution in [2.45, 2.75) is 19.1 Å². The molecule has 0 bridgehead atoms. The first kappa shape index (κ1) is 11.3. The molecule has 0 fully saturated rings. The van der Waals surface area contributed by atoms with Crippen molar-refractivity contribution in [1.29, 1.82) is 0 Å². The number of ether oxygens (including phenoxy) is 1. The van der Waals surface area contributed by atoms with Crippen LogP contribution in [0.4, 0.5) is 0 Å². The Morgan fingerprint density at radius 2 is 1.72 bits per heavy atom. The number of pyridine rings is 2. The van der Waals surface area contributed by atoms with Crippen LogP contribution in [0.15, 0.2) is 36.7 Å². The van der Waals surface area contributed by atoms with Crippen molar-refractivity contribution in [2.75, 3.05) is 6.61 Å². The van der Waals surface area contributed by atoms with Crippen molar-refractivity contribution in [2.24, 2.45) is 0 Å². The van der Waals surface area contributed by atoms with Crippen LogP contribution in [0.2, 0.25) is 0 Å². The number of fused-ring (bicyclic) bond motifs is 3. The van der Waals surface area contributed by atoms with Crippen LogP contribution in [0.25, 0.3) is 11.4 Å². The van der Waals surface area contributed by atoms with Gasteiger partial charge in [-0.15, -0.1) is 0 Å². The third kappa shape index (κ3) is 1.62. The lowest BCUT2D eigenvalue weighted by molar-refractivity contribution is -0.0377. The Labute approximate surface area is 105 Å². The Bertz CT molecular complexity index is 571. The van der Waals surface area contributed by atoms with Gasteiger partial charge in [0.1, 0.15) is 12.2 Å². The molecule has 0 unspecified atom stereocenters. The number of aliphatic hydroxyl groups is 1. The fraction of sp³-hybridized carbons (Fsp3) is 0.286. The first-order valence-electron chi connectivity index (χ1n) is 6.02. The SMILES string of the molecule is CCO[C@@H]1c2cccnc2-c2ncccc2[C@H]1O. The summed E-state index contributed by atoms with van der Waals surface area (Å²) in [5.41, 5.74) is 3.23. The van der Waals surface area contributed by atoms with Crippen molar-refractivity contribution < 1.29 is 9.84 Å². The molecule has 18 heavy (non-hydrogen) atoms. The molecule has 0 aliphatic heterocycles. The molecule has 0 saturated carbocycles. The van der Waals surface area contributed by atoms with Crippen molar-refractivity contribution >= 4 is 0 Å². The smallest absolute Gasteiger partial charge is 0.115 e. The number of nitrogens with zero attached hydrogens (tertiary/aromatic N) is 2. The zero-order chi connectivity index (χ0) is 12.5. The fourth-order valence-electron chi connectivity index (χ4n) is 2.39. The Kier molecular flexibility index (Phi) is 2.81. The van der Waals surface area contributed by atoms with E-state index in [-0.39, 0.29) is 6.10 Å². The van der Waals surface area contributed by atoms with Gasteiger partial charge in [0.05, 0.1) is 11.4 Å². The number of aliphatic hydroxyl groups excluding tert-OH is 1. The van der Waals surface area contributed by atoms with E-state index in [0.717, 1.165) is 22.5 Å². The van der Waals surface area contributed by atoms with Crippen LogP contribution in [-0.4, -0.2) is 21.7 Å². The van der Waals surface area contributed by atoms with Gasteiger partial charge in [0.25, 0.3) is 0 Å². The highest BCUT2D eigenvalue weighted by Gasteiger charge is 2.34. The van der Waals surface area contributed by atoms with E-state index in [1.165, 1.54) is 0 Å². The van der Waals surface area contributed by atoms with E-state index in [0.29, 0.717) is 6.61 Å². The minimum Gasteiger partial charge on any atom is -0.385 e. The minimum atomic E-state index is -0.689. The highest BCUT2D eigenvalue weighted by molar-refractivity contribution is 5.66. The molecule has 0 radical (unpaired) electrons. The van der Waals surface area contributed by atoms with Gasteiger partial charge in [-0.05, 0) is 19.1 Å². The lowest BCUT2D eigenvalue weighted by Crippen LogP contribution is -2.21. The molecule has 2 heterocycles.